The average molecular weight is 423 g/mol. The number of methoxy groups -OCH3 is 1. The quantitative estimate of drug-likeness (QED) is 0.664. The Hall–Kier alpha value is -2.93. The molecule has 1 fully saturated rings. The van der Waals surface area contributed by atoms with Gasteiger partial charge in [-0.2, -0.15) is 11.8 Å². The van der Waals surface area contributed by atoms with Gasteiger partial charge in [-0.05, 0) is 36.4 Å². The molecule has 1 saturated heterocycles. The summed E-state index contributed by atoms with van der Waals surface area (Å²) in [7, 11) is 5.66. The van der Waals surface area contributed by atoms with E-state index in [1.54, 1.807) is 7.11 Å². The number of ether oxygens (including phenoxy) is 1. The number of para-hydroxylation sites is 1. The van der Waals surface area contributed by atoms with Crippen molar-refractivity contribution in [2.24, 2.45) is 0 Å². The minimum Gasteiger partial charge on any atom is -0.494 e. The molecule has 1 aromatic heterocycles. The number of thioether (sulfide) groups is 1. The monoisotopic (exact) mass is 422 g/mol. The third-order valence-electron chi connectivity index (χ3n) is 5.20. The molecule has 0 atom stereocenters. The highest BCUT2D eigenvalue weighted by atomic mass is 32.2. The third-order valence-corrected chi connectivity index (χ3v) is 6.15. The highest BCUT2D eigenvalue weighted by Crippen LogP contribution is 2.32. The first-order valence-corrected chi connectivity index (χ1v) is 11.1. The summed E-state index contributed by atoms with van der Waals surface area (Å²) in [6.45, 7) is 1.51. The zero-order chi connectivity index (χ0) is 21.1. The van der Waals surface area contributed by atoms with E-state index in [1.807, 2.05) is 67.2 Å². The van der Waals surface area contributed by atoms with Crippen molar-refractivity contribution in [2.45, 2.75) is 0 Å². The minimum atomic E-state index is -0.0332. The van der Waals surface area contributed by atoms with Gasteiger partial charge in [0.2, 0.25) is 0 Å². The molecule has 1 aliphatic heterocycles. The predicted molar refractivity (Wildman–Crippen MR) is 126 cm³/mol. The van der Waals surface area contributed by atoms with Gasteiger partial charge in [0.1, 0.15) is 17.0 Å². The molecule has 6 nitrogen and oxygen atoms in total. The molecule has 0 spiro atoms. The molecule has 0 aliphatic carbocycles. The number of rotatable bonds is 5. The number of hydrogen-bond acceptors (Lipinski definition) is 6. The molecule has 1 N–H and O–H groups in total. The summed E-state index contributed by atoms with van der Waals surface area (Å²) in [6.07, 6.45) is 0. The van der Waals surface area contributed by atoms with Crippen LogP contribution in [-0.4, -0.2) is 61.6 Å². The molecule has 156 valence electrons. The van der Waals surface area contributed by atoms with Gasteiger partial charge in [-0.3, -0.25) is 4.79 Å². The smallest absolute Gasteiger partial charge is 0.272 e. The fourth-order valence-electron chi connectivity index (χ4n) is 3.53. The number of benzene rings is 2. The Bertz CT molecular complexity index is 1050. The topological polar surface area (TPSA) is 57.7 Å². The van der Waals surface area contributed by atoms with Gasteiger partial charge < -0.3 is 19.9 Å². The maximum atomic E-state index is 13.1. The number of anilines is 3. The fourth-order valence-corrected chi connectivity index (χ4v) is 4.43. The lowest BCUT2D eigenvalue weighted by Gasteiger charge is -2.26. The standard InChI is InChI=1S/C23H26N4O2S/c1-26(2)17-9-7-16(8-10-17)24-19-15-20(23(28)27-11-13-30-14-12-27)25-22-18(19)5-4-6-21(22)29-3/h4-10,15H,11-14H2,1-3H3,(H,24,25). The van der Waals surface area contributed by atoms with Crippen molar-refractivity contribution < 1.29 is 9.53 Å². The van der Waals surface area contributed by atoms with Crippen LogP contribution in [-0.2, 0) is 0 Å². The molecule has 0 saturated carbocycles. The molecule has 2 heterocycles. The van der Waals surface area contributed by atoms with Crippen LogP contribution in [0.2, 0.25) is 0 Å². The predicted octanol–water partition coefficient (Wildman–Crippen LogP) is 4.24. The van der Waals surface area contributed by atoms with Crippen molar-refractivity contribution in [3.05, 3.63) is 54.2 Å². The van der Waals surface area contributed by atoms with E-state index in [0.29, 0.717) is 17.0 Å². The third kappa shape index (κ3) is 4.16. The van der Waals surface area contributed by atoms with Crippen LogP contribution in [0.1, 0.15) is 10.5 Å². The zero-order valence-corrected chi connectivity index (χ0v) is 18.3. The molecule has 4 rings (SSSR count). The van der Waals surface area contributed by atoms with Crippen molar-refractivity contribution in [3.63, 3.8) is 0 Å². The SMILES string of the molecule is COc1cccc2c(Nc3ccc(N(C)C)cc3)cc(C(=O)N3CCSCC3)nc12. The van der Waals surface area contributed by atoms with E-state index in [0.717, 1.165) is 47.0 Å². The summed E-state index contributed by atoms with van der Waals surface area (Å²) in [6, 6.07) is 15.8. The van der Waals surface area contributed by atoms with E-state index in [1.165, 1.54) is 0 Å². The van der Waals surface area contributed by atoms with Crippen LogP contribution in [0.4, 0.5) is 17.1 Å². The average Bonchev–Trinajstić information content (AvgIpc) is 2.79. The first kappa shape index (κ1) is 20.3. The van der Waals surface area contributed by atoms with Gasteiger partial charge in [0.25, 0.3) is 5.91 Å². The number of nitrogens with one attached hydrogen (secondary N) is 1. The van der Waals surface area contributed by atoms with Crippen molar-refractivity contribution in [3.8, 4) is 5.75 Å². The summed E-state index contributed by atoms with van der Waals surface area (Å²) in [4.78, 5) is 21.8. The number of carbonyl (C=O) groups excluding carboxylic acids is 1. The van der Waals surface area contributed by atoms with Gasteiger partial charge in [-0.1, -0.05) is 12.1 Å². The van der Waals surface area contributed by atoms with Crippen LogP contribution in [0, 0.1) is 0 Å². The van der Waals surface area contributed by atoms with E-state index >= 15 is 0 Å². The van der Waals surface area contributed by atoms with Crippen LogP contribution in [0.25, 0.3) is 10.9 Å². The van der Waals surface area contributed by atoms with Crippen molar-refractivity contribution in [2.75, 3.05) is 56.0 Å². The van der Waals surface area contributed by atoms with Crippen LogP contribution in [0.3, 0.4) is 0 Å². The summed E-state index contributed by atoms with van der Waals surface area (Å²) in [5.74, 6) is 2.55. The Balaban J connectivity index is 1.75. The van der Waals surface area contributed by atoms with Crippen LogP contribution >= 0.6 is 11.8 Å². The van der Waals surface area contributed by atoms with Crippen LogP contribution < -0.4 is 15.0 Å². The Morgan fingerprint density at radius 1 is 1.13 bits per heavy atom. The fraction of sp³-hybridized carbons (Fsp3) is 0.304. The lowest BCUT2D eigenvalue weighted by Crippen LogP contribution is -2.38. The van der Waals surface area contributed by atoms with E-state index in [9.17, 15) is 4.79 Å². The normalized spacial score (nSPS) is 13.9. The van der Waals surface area contributed by atoms with Gasteiger partial charge >= 0.3 is 0 Å². The number of nitrogens with zero attached hydrogens (tertiary/aromatic N) is 3. The molecule has 0 bridgehead atoms. The maximum absolute atomic E-state index is 13.1. The lowest BCUT2D eigenvalue weighted by atomic mass is 10.1. The second-order valence-electron chi connectivity index (χ2n) is 7.38. The van der Waals surface area contributed by atoms with Crippen molar-refractivity contribution >= 4 is 45.6 Å². The van der Waals surface area contributed by atoms with Gasteiger partial charge in [-0.25, -0.2) is 4.98 Å². The molecular weight excluding hydrogens is 396 g/mol. The first-order chi connectivity index (χ1) is 14.6. The number of aromatic nitrogens is 1. The Labute approximate surface area is 181 Å². The first-order valence-electron chi connectivity index (χ1n) is 9.96. The number of amides is 1. The molecule has 30 heavy (non-hydrogen) atoms. The van der Waals surface area contributed by atoms with Crippen LogP contribution in [0.15, 0.2) is 48.5 Å². The second-order valence-corrected chi connectivity index (χ2v) is 8.61. The Morgan fingerprint density at radius 3 is 2.53 bits per heavy atom. The van der Waals surface area contributed by atoms with E-state index in [2.05, 4.69) is 22.3 Å². The number of carbonyl (C=O) groups is 1. The second kappa shape index (κ2) is 8.83. The molecule has 0 unspecified atom stereocenters. The molecule has 1 amide bonds. The molecule has 7 heteroatoms. The van der Waals surface area contributed by atoms with Gasteiger partial charge in [-0.15, -0.1) is 0 Å². The number of fused-ring (bicyclic) bond motifs is 1. The molecule has 3 aromatic rings. The minimum absolute atomic E-state index is 0.0332. The highest BCUT2D eigenvalue weighted by molar-refractivity contribution is 7.99. The Morgan fingerprint density at radius 2 is 1.87 bits per heavy atom. The lowest BCUT2D eigenvalue weighted by molar-refractivity contribution is 0.0767. The van der Waals surface area contributed by atoms with Gasteiger partial charge in [0.05, 0.1) is 12.8 Å². The molecule has 2 aromatic carbocycles. The van der Waals surface area contributed by atoms with E-state index < -0.39 is 0 Å². The molecule has 0 radical (unpaired) electrons. The summed E-state index contributed by atoms with van der Waals surface area (Å²) in [5, 5.41) is 4.39. The summed E-state index contributed by atoms with van der Waals surface area (Å²) >= 11 is 1.88. The molecule has 1 aliphatic rings. The van der Waals surface area contributed by atoms with E-state index in [4.69, 9.17) is 9.72 Å². The van der Waals surface area contributed by atoms with Crippen LogP contribution in [0.5, 0.6) is 5.75 Å². The van der Waals surface area contributed by atoms with Crippen molar-refractivity contribution in [1.82, 2.24) is 9.88 Å². The van der Waals surface area contributed by atoms with Gasteiger partial charge in [0.15, 0.2) is 0 Å². The largest absolute Gasteiger partial charge is 0.494 e. The Kier molecular flexibility index (Phi) is 5.99. The zero-order valence-electron chi connectivity index (χ0n) is 17.5. The van der Waals surface area contributed by atoms with E-state index in [-0.39, 0.29) is 5.91 Å². The summed E-state index contributed by atoms with van der Waals surface area (Å²) in [5.41, 5.74) is 4.03. The molecular formula is C23H26N4O2S. The van der Waals surface area contributed by atoms with Crippen molar-refractivity contribution in [1.29, 1.82) is 0 Å². The number of hydrogen-bond donors (Lipinski definition) is 1. The maximum Gasteiger partial charge on any atom is 0.272 e. The highest BCUT2D eigenvalue weighted by Gasteiger charge is 2.22. The number of pyridine rings is 1. The van der Waals surface area contributed by atoms with Gasteiger partial charge in [0, 0.05) is 55.5 Å². The summed E-state index contributed by atoms with van der Waals surface area (Å²) < 4.78 is 5.53.